The van der Waals surface area contributed by atoms with Crippen LogP contribution in [0.4, 0.5) is 4.79 Å². The van der Waals surface area contributed by atoms with E-state index < -0.39 is 6.03 Å². The number of methoxy groups -OCH3 is 1. The summed E-state index contributed by atoms with van der Waals surface area (Å²) in [5.74, 6) is 0.732. The number of urea groups is 1. The number of hydrogen-bond acceptors (Lipinski definition) is 4. The van der Waals surface area contributed by atoms with Gasteiger partial charge in [0, 0.05) is 17.9 Å². The van der Waals surface area contributed by atoms with Crippen LogP contribution in [0.25, 0.3) is 6.08 Å². The summed E-state index contributed by atoms with van der Waals surface area (Å²) >= 11 is 4.02. The molecule has 3 amide bonds. The Morgan fingerprint density at radius 2 is 2.11 bits per heavy atom. The molecule has 1 aromatic rings. The van der Waals surface area contributed by atoms with Gasteiger partial charge in [0.2, 0.25) is 0 Å². The van der Waals surface area contributed by atoms with Gasteiger partial charge in [0.15, 0.2) is 0 Å². The monoisotopic (exact) mass is 278 g/mol. The number of imide groups is 1. The Kier molecular flexibility index (Phi) is 4.11. The summed E-state index contributed by atoms with van der Waals surface area (Å²) in [5, 5.41) is 2.55. The van der Waals surface area contributed by atoms with Gasteiger partial charge in [-0.05, 0) is 12.1 Å². The van der Waals surface area contributed by atoms with E-state index in [0.29, 0.717) is 11.5 Å². The number of nitrogens with zero attached hydrogens (tertiary/aromatic N) is 1. The highest BCUT2D eigenvalue weighted by molar-refractivity contribution is 7.80. The van der Waals surface area contributed by atoms with Gasteiger partial charge in [-0.2, -0.15) is 12.6 Å². The van der Waals surface area contributed by atoms with Crippen molar-refractivity contribution >= 4 is 30.6 Å². The van der Waals surface area contributed by atoms with Crippen molar-refractivity contribution in [3.8, 4) is 5.75 Å². The van der Waals surface area contributed by atoms with Crippen molar-refractivity contribution in [1.29, 1.82) is 0 Å². The minimum Gasteiger partial charge on any atom is -0.496 e. The summed E-state index contributed by atoms with van der Waals surface area (Å²) in [6.45, 7) is 0.289. The van der Waals surface area contributed by atoms with Crippen molar-refractivity contribution in [3.63, 3.8) is 0 Å². The van der Waals surface area contributed by atoms with Crippen LogP contribution >= 0.6 is 12.6 Å². The van der Waals surface area contributed by atoms with Crippen LogP contribution in [0.2, 0.25) is 0 Å². The van der Waals surface area contributed by atoms with Crippen LogP contribution in [0.5, 0.6) is 5.75 Å². The van der Waals surface area contributed by atoms with E-state index in [1.54, 1.807) is 19.3 Å². The van der Waals surface area contributed by atoms with Crippen LogP contribution in [-0.2, 0) is 4.79 Å². The molecule has 2 rings (SSSR count). The lowest BCUT2D eigenvalue weighted by molar-refractivity contribution is -0.122. The summed E-state index contributed by atoms with van der Waals surface area (Å²) in [7, 11) is 1.56. The van der Waals surface area contributed by atoms with Crippen LogP contribution in [0.1, 0.15) is 5.56 Å². The van der Waals surface area contributed by atoms with E-state index in [-0.39, 0.29) is 18.1 Å². The van der Waals surface area contributed by atoms with E-state index in [9.17, 15) is 9.59 Å². The van der Waals surface area contributed by atoms with Crippen molar-refractivity contribution in [3.05, 3.63) is 35.5 Å². The summed E-state index contributed by atoms with van der Waals surface area (Å²) in [4.78, 5) is 24.8. The molecule has 1 aliphatic heterocycles. The van der Waals surface area contributed by atoms with Gasteiger partial charge in [-0.3, -0.25) is 9.69 Å². The zero-order valence-electron chi connectivity index (χ0n) is 10.4. The summed E-state index contributed by atoms with van der Waals surface area (Å²) in [5.41, 5.74) is 0.984. The van der Waals surface area contributed by atoms with Gasteiger partial charge >= 0.3 is 6.03 Å². The van der Waals surface area contributed by atoms with Crippen LogP contribution in [0.15, 0.2) is 30.0 Å². The molecule has 5 nitrogen and oxygen atoms in total. The number of nitrogens with one attached hydrogen (secondary N) is 1. The predicted octanol–water partition coefficient (Wildman–Crippen LogP) is 1.52. The number of ether oxygens (including phenoxy) is 1. The smallest absolute Gasteiger partial charge is 0.329 e. The number of hydrogen-bond donors (Lipinski definition) is 2. The Labute approximate surface area is 116 Å². The van der Waals surface area contributed by atoms with Gasteiger partial charge in [0.1, 0.15) is 11.4 Å². The molecule has 19 heavy (non-hydrogen) atoms. The molecule has 0 saturated carbocycles. The summed E-state index contributed by atoms with van der Waals surface area (Å²) in [6, 6.07) is 6.86. The van der Waals surface area contributed by atoms with Gasteiger partial charge in [0.25, 0.3) is 5.91 Å². The average molecular weight is 278 g/mol. The van der Waals surface area contributed by atoms with E-state index >= 15 is 0 Å². The lowest BCUT2D eigenvalue weighted by Crippen LogP contribution is -2.32. The molecule has 1 heterocycles. The highest BCUT2D eigenvalue weighted by atomic mass is 32.1. The van der Waals surface area contributed by atoms with E-state index in [4.69, 9.17) is 4.74 Å². The summed E-state index contributed by atoms with van der Waals surface area (Å²) in [6.07, 6.45) is 1.61. The fourth-order valence-electron chi connectivity index (χ4n) is 1.82. The largest absolute Gasteiger partial charge is 0.496 e. The van der Waals surface area contributed by atoms with Gasteiger partial charge in [-0.15, -0.1) is 0 Å². The molecular formula is C13H14N2O3S. The third kappa shape index (κ3) is 2.73. The lowest BCUT2D eigenvalue weighted by atomic mass is 10.1. The van der Waals surface area contributed by atoms with Crippen molar-refractivity contribution in [1.82, 2.24) is 10.2 Å². The molecule has 0 aromatic heterocycles. The zero-order chi connectivity index (χ0) is 13.8. The topological polar surface area (TPSA) is 58.6 Å². The van der Waals surface area contributed by atoms with Crippen molar-refractivity contribution in [2.75, 3.05) is 19.4 Å². The van der Waals surface area contributed by atoms with Crippen LogP contribution in [0, 0.1) is 0 Å². The van der Waals surface area contributed by atoms with Gasteiger partial charge < -0.3 is 10.1 Å². The molecule has 0 bridgehead atoms. The molecule has 0 unspecified atom stereocenters. The molecule has 0 atom stereocenters. The number of thiol groups is 1. The second kappa shape index (κ2) is 5.79. The SMILES string of the molecule is COc1ccccc1/C=C1\NC(=O)N(CCS)C1=O. The number of rotatable bonds is 4. The number of benzene rings is 1. The Morgan fingerprint density at radius 3 is 2.79 bits per heavy atom. The summed E-state index contributed by atoms with van der Waals surface area (Å²) < 4.78 is 5.20. The second-order valence-corrected chi connectivity index (χ2v) is 4.36. The van der Waals surface area contributed by atoms with Crippen LogP contribution in [-0.4, -0.2) is 36.2 Å². The molecule has 1 fully saturated rings. The van der Waals surface area contributed by atoms with Crippen LogP contribution < -0.4 is 10.1 Å². The standard InChI is InChI=1S/C13H14N2O3S/c1-18-11-5-3-2-4-9(11)8-10-12(16)15(6-7-19)13(17)14-10/h2-5,8,19H,6-7H2,1H3,(H,14,17)/b10-8-. The Morgan fingerprint density at radius 1 is 1.37 bits per heavy atom. The Balaban J connectivity index is 2.30. The maximum absolute atomic E-state index is 12.0. The minimum atomic E-state index is -0.416. The van der Waals surface area contributed by atoms with E-state index in [0.717, 1.165) is 10.5 Å². The van der Waals surface area contributed by atoms with Gasteiger partial charge in [-0.1, -0.05) is 18.2 Å². The lowest BCUT2D eigenvalue weighted by Gasteiger charge is -2.08. The number of carbonyl (C=O) groups is 2. The molecule has 6 heteroatoms. The van der Waals surface area contributed by atoms with Crippen molar-refractivity contribution in [2.45, 2.75) is 0 Å². The molecule has 0 radical (unpaired) electrons. The highest BCUT2D eigenvalue weighted by Gasteiger charge is 2.32. The molecule has 1 saturated heterocycles. The molecule has 1 N–H and O–H groups in total. The minimum absolute atomic E-state index is 0.247. The molecule has 0 spiro atoms. The van der Waals surface area contributed by atoms with Crippen molar-refractivity contribution < 1.29 is 14.3 Å². The maximum Gasteiger partial charge on any atom is 0.329 e. The molecule has 100 valence electrons. The number of amides is 3. The number of para-hydroxylation sites is 1. The van der Waals surface area contributed by atoms with E-state index in [2.05, 4.69) is 17.9 Å². The average Bonchev–Trinajstić information content (AvgIpc) is 2.67. The first kappa shape index (κ1) is 13.5. The first-order chi connectivity index (χ1) is 9.17. The second-order valence-electron chi connectivity index (χ2n) is 3.91. The molecule has 0 aliphatic carbocycles. The number of carbonyl (C=O) groups excluding carboxylic acids is 2. The van der Waals surface area contributed by atoms with Crippen molar-refractivity contribution in [2.24, 2.45) is 0 Å². The Hall–Kier alpha value is -1.95. The highest BCUT2D eigenvalue weighted by Crippen LogP contribution is 2.22. The molecule has 1 aromatic carbocycles. The molecule has 1 aliphatic rings. The first-order valence-electron chi connectivity index (χ1n) is 5.75. The maximum atomic E-state index is 12.0. The fraction of sp³-hybridized carbons (Fsp3) is 0.231. The quantitative estimate of drug-likeness (QED) is 0.499. The van der Waals surface area contributed by atoms with Gasteiger partial charge in [-0.25, -0.2) is 4.79 Å². The normalized spacial score (nSPS) is 16.9. The third-order valence-electron chi connectivity index (χ3n) is 2.72. The van der Waals surface area contributed by atoms with Gasteiger partial charge in [0.05, 0.1) is 7.11 Å². The fourth-order valence-corrected chi connectivity index (χ4v) is 2.02. The van der Waals surface area contributed by atoms with E-state index in [1.165, 1.54) is 0 Å². The Bertz CT molecular complexity index is 542. The first-order valence-corrected chi connectivity index (χ1v) is 6.39. The zero-order valence-corrected chi connectivity index (χ0v) is 11.3. The predicted molar refractivity (Wildman–Crippen MR) is 75.1 cm³/mol. The van der Waals surface area contributed by atoms with E-state index in [1.807, 2.05) is 18.2 Å². The third-order valence-corrected chi connectivity index (χ3v) is 2.92. The van der Waals surface area contributed by atoms with Crippen LogP contribution in [0.3, 0.4) is 0 Å². The molecular weight excluding hydrogens is 264 g/mol.